The number of aliphatic imine (C=N–C) groups is 1. The van der Waals surface area contributed by atoms with Crippen LogP contribution >= 0.6 is 11.8 Å². The number of rotatable bonds is 6. The molecule has 1 N–H and O–H groups in total. The third kappa shape index (κ3) is 3.47. The lowest BCUT2D eigenvalue weighted by Crippen LogP contribution is -2.20. The fourth-order valence-electron chi connectivity index (χ4n) is 1.85. The molecule has 0 saturated carbocycles. The average Bonchev–Trinajstić information content (AvgIpc) is 2.93. The van der Waals surface area contributed by atoms with Gasteiger partial charge < -0.3 is 5.32 Å². The predicted octanol–water partition coefficient (Wildman–Crippen LogP) is 2.84. The number of amidine groups is 1. The average molecular weight is 279 g/mol. The molecule has 0 aliphatic carbocycles. The second-order valence-electron chi connectivity index (χ2n) is 4.30. The first-order valence-electron chi connectivity index (χ1n) is 6.42. The monoisotopic (exact) mass is 279 g/mol. The number of non-ortho nitro benzene ring substituents is 1. The van der Waals surface area contributed by atoms with Gasteiger partial charge in [0.2, 0.25) is 0 Å². The minimum absolute atomic E-state index is 0.117. The van der Waals surface area contributed by atoms with E-state index in [4.69, 9.17) is 0 Å². The fraction of sp³-hybridized carbons (Fsp3) is 0.462. The van der Waals surface area contributed by atoms with Crippen LogP contribution in [0, 0.1) is 10.1 Å². The smallest absolute Gasteiger partial charge is 0.270 e. The van der Waals surface area contributed by atoms with Crippen LogP contribution in [0.4, 0.5) is 5.69 Å². The Balaban J connectivity index is 2.27. The van der Waals surface area contributed by atoms with Gasteiger partial charge in [0.05, 0.1) is 11.5 Å². The van der Waals surface area contributed by atoms with Crippen LogP contribution in [-0.4, -0.2) is 29.6 Å². The summed E-state index contributed by atoms with van der Waals surface area (Å²) >= 11 is 1.74. The first-order valence-corrected chi connectivity index (χ1v) is 7.41. The molecule has 0 spiro atoms. The lowest BCUT2D eigenvalue weighted by Gasteiger charge is -2.09. The Bertz CT molecular complexity index is 503. The van der Waals surface area contributed by atoms with E-state index in [9.17, 15) is 10.1 Å². The van der Waals surface area contributed by atoms with Crippen LogP contribution in [0.1, 0.15) is 25.3 Å². The van der Waals surface area contributed by atoms with Crippen molar-refractivity contribution in [2.75, 3.05) is 18.8 Å². The molecule has 1 aromatic carbocycles. The lowest BCUT2D eigenvalue weighted by atomic mass is 10.2. The Morgan fingerprint density at radius 1 is 1.53 bits per heavy atom. The van der Waals surface area contributed by atoms with Crippen molar-refractivity contribution in [2.45, 2.75) is 24.7 Å². The molecule has 6 heteroatoms. The molecule has 0 bridgehead atoms. The zero-order valence-electron chi connectivity index (χ0n) is 10.9. The van der Waals surface area contributed by atoms with Crippen LogP contribution in [-0.2, 0) is 0 Å². The predicted molar refractivity (Wildman–Crippen MR) is 78.1 cm³/mol. The van der Waals surface area contributed by atoms with Crippen molar-refractivity contribution < 1.29 is 4.92 Å². The maximum atomic E-state index is 10.9. The van der Waals surface area contributed by atoms with Crippen LogP contribution in [0.25, 0.3) is 0 Å². The quantitative estimate of drug-likeness (QED) is 0.376. The van der Waals surface area contributed by atoms with E-state index in [0.717, 1.165) is 48.0 Å². The largest absolute Gasteiger partial charge is 0.368 e. The minimum Gasteiger partial charge on any atom is -0.368 e. The van der Waals surface area contributed by atoms with E-state index in [1.807, 2.05) is 6.07 Å². The second-order valence-corrected chi connectivity index (χ2v) is 5.43. The number of nitrogens with one attached hydrogen (secondary N) is 1. The van der Waals surface area contributed by atoms with E-state index in [2.05, 4.69) is 17.2 Å². The Morgan fingerprint density at radius 3 is 3.00 bits per heavy atom. The normalized spacial score (nSPS) is 14.1. The van der Waals surface area contributed by atoms with Gasteiger partial charge >= 0.3 is 0 Å². The molecule has 102 valence electrons. The maximum Gasteiger partial charge on any atom is 0.270 e. The fourth-order valence-corrected chi connectivity index (χ4v) is 2.98. The molecule has 1 heterocycles. The van der Waals surface area contributed by atoms with Crippen molar-refractivity contribution in [3.63, 3.8) is 0 Å². The number of hydrogen-bond acceptors (Lipinski definition) is 5. The number of unbranched alkanes of at least 4 members (excludes halogenated alkanes) is 1. The van der Waals surface area contributed by atoms with Crippen LogP contribution < -0.4 is 5.32 Å². The number of nitro benzene ring substituents is 1. The first-order chi connectivity index (χ1) is 9.22. The molecule has 0 saturated heterocycles. The van der Waals surface area contributed by atoms with E-state index in [0.29, 0.717) is 0 Å². The van der Waals surface area contributed by atoms with Gasteiger partial charge in [-0.2, -0.15) is 0 Å². The van der Waals surface area contributed by atoms with Gasteiger partial charge in [0, 0.05) is 29.1 Å². The van der Waals surface area contributed by atoms with E-state index in [1.165, 1.54) is 0 Å². The van der Waals surface area contributed by atoms with Gasteiger partial charge in [-0.25, -0.2) is 0 Å². The van der Waals surface area contributed by atoms with Crippen LogP contribution in [0.2, 0.25) is 0 Å². The lowest BCUT2D eigenvalue weighted by molar-refractivity contribution is -0.384. The van der Waals surface area contributed by atoms with Gasteiger partial charge in [-0.1, -0.05) is 13.3 Å². The Morgan fingerprint density at radius 2 is 2.37 bits per heavy atom. The van der Waals surface area contributed by atoms with Gasteiger partial charge in [0.25, 0.3) is 5.69 Å². The standard InChI is InChI=1S/C13H17N3O2S/c1-2-3-8-19-12-5-4-10(16(17)18)9-11(12)13-14-6-7-15-13/h4-5,9H,2-3,6-8H2,1H3,(H,14,15). The van der Waals surface area contributed by atoms with E-state index >= 15 is 0 Å². The summed E-state index contributed by atoms with van der Waals surface area (Å²) in [7, 11) is 0. The number of thioether (sulfide) groups is 1. The second kappa shape index (κ2) is 6.56. The summed E-state index contributed by atoms with van der Waals surface area (Å²) in [5.41, 5.74) is 0.971. The van der Waals surface area contributed by atoms with Crippen molar-refractivity contribution in [3.8, 4) is 0 Å². The van der Waals surface area contributed by atoms with Gasteiger partial charge in [0.15, 0.2) is 0 Å². The third-order valence-electron chi connectivity index (χ3n) is 2.86. The molecular formula is C13H17N3O2S. The summed E-state index contributed by atoms with van der Waals surface area (Å²) in [6, 6.07) is 5.01. The molecule has 2 rings (SSSR count). The molecule has 0 aromatic heterocycles. The van der Waals surface area contributed by atoms with E-state index in [1.54, 1.807) is 23.9 Å². The molecular weight excluding hydrogens is 262 g/mol. The summed E-state index contributed by atoms with van der Waals surface area (Å²) < 4.78 is 0. The molecule has 1 aliphatic rings. The zero-order chi connectivity index (χ0) is 13.7. The van der Waals surface area contributed by atoms with E-state index < -0.39 is 0 Å². The van der Waals surface area contributed by atoms with Gasteiger partial charge in [-0.15, -0.1) is 11.8 Å². The Labute approximate surface area is 116 Å². The molecule has 0 amide bonds. The highest BCUT2D eigenvalue weighted by Crippen LogP contribution is 2.28. The molecule has 1 aliphatic heterocycles. The molecule has 0 atom stereocenters. The summed E-state index contributed by atoms with van der Waals surface area (Å²) in [6.07, 6.45) is 2.29. The van der Waals surface area contributed by atoms with Crippen molar-refractivity contribution in [1.82, 2.24) is 5.32 Å². The SMILES string of the molecule is CCCCSc1ccc([N+](=O)[O-])cc1C1=NCCN1. The number of nitrogens with zero attached hydrogens (tertiary/aromatic N) is 2. The van der Waals surface area contributed by atoms with Crippen LogP contribution in [0.5, 0.6) is 0 Å². The molecule has 1 aromatic rings. The first kappa shape index (κ1) is 13.9. The topological polar surface area (TPSA) is 67.5 Å². The van der Waals surface area contributed by atoms with Gasteiger partial charge in [-0.3, -0.25) is 15.1 Å². The Kier molecular flexibility index (Phi) is 4.79. The number of hydrogen-bond donors (Lipinski definition) is 1. The maximum absolute atomic E-state index is 10.9. The van der Waals surface area contributed by atoms with Crippen LogP contribution in [0.3, 0.4) is 0 Å². The summed E-state index contributed by atoms with van der Waals surface area (Å²) in [6.45, 7) is 3.69. The Hall–Kier alpha value is -1.56. The molecule has 0 radical (unpaired) electrons. The molecule has 0 fully saturated rings. The molecule has 0 unspecified atom stereocenters. The third-order valence-corrected chi connectivity index (χ3v) is 4.02. The highest BCUT2D eigenvalue weighted by atomic mass is 32.2. The summed E-state index contributed by atoms with van der Waals surface area (Å²) in [5.74, 6) is 1.80. The molecule has 19 heavy (non-hydrogen) atoms. The van der Waals surface area contributed by atoms with E-state index in [-0.39, 0.29) is 10.6 Å². The number of nitro groups is 1. The van der Waals surface area contributed by atoms with Gasteiger partial charge in [-0.05, 0) is 18.2 Å². The van der Waals surface area contributed by atoms with Crippen molar-refractivity contribution in [1.29, 1.82) is 0 Å². The summed E-state index contributed by atoms with van der Waals surface area (Å²) in [4.78, 5) is 15.9. The van der Waals surface area contributed by atoms with Gasteiger partial charge in [0.1, 0.15) is 5.84 Å². The van der Waals surface area contributed by atoms with Crippen molar-refractivity contribution in [3.05, 3.63) is 33.9 Å². The van der Waals surface area contributed by atoms with Crippen molar-refractivity contribution >= 4 is 23.3 Å². The highest BCUT2D eigenvalue weighted by molar-refractivity contribution is 7.99. The zero-order valence-corrected chi connectivity index (χ0v) is 11.7. The highest BCUT2D eigenvalue weighted by Gasteiger charge is 2.17. The molecule has 5 nitrogen and oxygen atoms in total. The van der Waals surface area contributed by atoms with Crippen molar-refractivity contribution in [2.24, 2.45) is 4.99 Å². The van der Waals surface area contributed by atoms with Crippen LogP contribution in [0.15, 0.2) is 28.1 Å². The minimum atomic E-state index is -0.362. The number of benzene rings is 1. The summed E-state index contributed by atoms with van der Waals surface area (Å²) in [5, 5.41) is 14.1.